The molecule has 0 aliphatic carbocycles. The quantitative estimate of drug-likeness (QED) is 0.293. The fraction of sp³-hybridized carbons (Fsp3) is 0. The third-order valence-corrected chi connectivity index (χ3v) is 0.355. The third kappa shape index (κ3) is 11.7. The molecule has 0 aromatic carbocycles. The van der Waals surface area contributed by atoms with Crippen molar-refractivity contribution in [2.45, 2.75) is 0 Å². The van der Waals surface area contributed by atoms with Crippen LogP contribution >= 0.6 is 0 Å². The minimum Gasteiger partial charge on any atom is -0.545 e. The van der Waals surface area contributed by atoms with Gasteiger partial charge in [0, 0.05) is 0 Å². The minimum atomic E-state index is -1.55. The van der Waals surface area contributed by atoms with Gasteiger partial charge in [-0.25, -0.2) is 0 Å². The summed E-state index contributed by atoms with van der Waals surface area (Å²) in [6.45, 7) is 0. The molecule has 0 aromatic rings. The topological polar surface area (TPSA) is 80.3 Å². The van der Waals surface area contributed by atoms with E-state index >= 15 is 0 Å². The van der Waals surface area contributed by atoms with Crippen molar-refractivity contribution >= 4 is 11.9 Å². The van der Waals surface area contributed by atoms with E-state index in [2.05, 4.69) is 0 Å². The zero-order valence-electron chi connectivity index (χ0n) is 5.79. The number of hydrogen-bond acceptors (Lipinski definition) is 4. The van der Waals surface area contributed by atoms with E-state index in [0.717, 1.165) is 0 Å². The fourth-order valence-electron chi connectivity index (χ4n) is 0.136. The van der Waals surface area contributed by atoms with Gasteiger partial charge in [0.15, 0.2) is 0 Å². The molecule has 0 heterocycles. The molecule has 0 atom stereocenters. The van der Waals surface area contributed by atoms with Crippen LogP contribution in [-0.4, -0.2) is 11.9 Å². The Balaban J connectivity index is -0.000000245. The Kier molecular flexibility index (Phi) is 8.61. The van der Waals surface area contributed by atoms with Crippen molar-refractivity contribution in [3.63, 3.8) is 0 Å². The van der Waals surface area contributed by atoms with Gasteiger partial charge in [-0.15, -0.1) is 0 Å². The Morgan fingerprint density at radius 2 is 1.33 bits per heavy atom. The Labute approximate surface area is 95.5 Å². The van der Waals surface area contributed by atoms with Crippen molar-refractivity contribution in [2.24, 2.45) is 0 Å². The fourth-order valence-corrected chi connectivity index (χ4v) is 0.136. The Hall–Kier alpha value is 0.316. The molecular weight excluding hydrogens is 151 g/mol. The number of carboxylic acid groups (broad SMARTS) is 2. The molecule has 0 radical (unpaired) electrons. The van der Waals surface area contributed by atoms with Gasteiger partial charge < -0.3 is 19.8 Å². The molecule has 0 spiro atoms. The molecule has 0 aliphatic rings. The van der Waals surface area contributed by atoms with E-state index in [4.69, 9.17) is 0 Å². The summed E-state index contributed by atoms with van der Waals surface area (Å²) in [5.74, 6) is -3.09. The van der Waals surface area contributed by atoms with Gasteiger partial charge in [0.2, 0.25) is 0 Å². The Morgan fingerprint density at radius 3 is 1.44 bits per heavy atom. The van der Waals surface area contributed by atoms with E-state index in [1.54, 1.807) is 0 Å². The molecule has 0 unspecified atom stereocenters. The SMILES string of the molecule is O=C([O-])/C=C\C(=O)[O-].[H+].[K+]. The third-order valence-electron chi connectivity index (χ3n) is 0.355. The summed E-state index contributed by atoms with van der Waals surface area (Å²) in [6.07, 6.45) is 0.769. The molecule has 0 aromatic heterocycles. The van der Waals surface area contributed by atoms with Crippen molar-refractivity contribution in [3.05, 3.63) is 12.2 Å². The van der Waals surface area contributed by atoms with Crippen molar-refractivity contribution in [1.82, 2.24) is 0 Å². The molecule has 0 rings (SSSR count). The Morgan fingerprint density at radius 1 is 1.11 bits per heavy atom. The van der Waals surface area contributed by atoms with Crippen LogP contribution < -0.4 is 61.6 Å². The summed E-state index contributed by atoms with van der Waals surface area (Å²) >= 11 is 0. The second kappa shape index (κ2) is 6.44. The standard InChI is InChI=1S/C4H4O4.K/c5-3(6)1-2-4(7)8;/h1-2H,(H,5,6)(H,7,8);/q;+1/p-1/b2-1-;. The van der Waals surface area contributed by atoms with Crippen LogP contribution in [0.25, 0.3) is 0 Å². The van der Waals surface area contributed by atoms with Gasteiger partial charge in [0.05, 0.1) is 11.9 Å². The molecule has 5 heteroatoms. The maximum absolute atomic E-state index is 9.41. The summed E-state index contributed by atoms with van der Waals surface area (Å²) < 4.78 is 0. The molecule has 44 valence electrons. The van der Waals surface area contributed by atoms with Gasteiger partial charge in [0.25, 0.3) is 0 Å². The maximum Gasteiger partial charge on any atom is 1.00 e. The predicted molar refractivity (Wildman–Crippen MR) is 20.3 cm³/mol. The first-order valence-electron chi connectivity index (χ1n) is 1.73. The molecular formula is C4H3KO4. The van der Waals surface area contributed by atoms with Crippen molar-refractivity contribution in [3.8, 4) is 0 Å². The van der Waals surface area contributed by atoms with Crippen molar-refractivity contribution < 1.29 is 72.6 Å². The summed E-state index contributed by atoms with van der Waals surface area (Å²) in [4.78, 5) is 18.8. The predicted octanol–water partition coefficient (Wildman–Crippen LogP) is -5.84. The summed E-state index contributed by atoms with van der Waals surface area (Å²) in [5, 5.41) is 18.8. The number of carboxylic acids is 2. The van der Waals surface area contributed by atoms with Gasteiger partial charge in [0.1, 0.15) is 0 Å². The smallest absolute Gasteiger partial charge is 0.545 e. The van der Waals surface area contributed by atoms with E-state index in [1.165, 1.54) is 0 Å². The molecule has 9 heavy (non-hydrogen) atoms. The van der Waals surface area contributed by atoms with E-state index in [9.17, 15) is 19.8 Å². The van der Waals surface area contributed by atoms with E-state index in [0.29, 0.717) is 12.2 Å². The van der Waals surface area contributed by atoms with Crippen LogP contribution in [0.2, 0.25) is 0 Å². The van der Waals surface area contributed by atoms with Crippen LogP contribution in [0, 0.1) is 0 Å². The second-order valence-corrected chi connectivity index (χ2v) is 0.971. The van der Waals surface area contributed by atoms with E-state index < -0.39 is 11.9 Å². The second-order valence-electron chi connectivity index (χ2n) is 0.971. The molecule has 0 amide bonds. The number of hydrogen-bond donors (Lipinski definition) is 0. The molecule has 0 saturated heterocycles. The average Bonchev–Trinajstić information content (AvgIpc) is 1.61. The monoisotopic (exact) mass is 154 g/mol. The minimum absolute atomic E-state index is 0. The number of rotatable bonds is 2. The first-order chi connectivity index (χ1) is 3.63. The van der Waals surface area contributed by atoms with Crippen LogP contribution in [0.3, 0.4) is 0 Å². The van der Waals surface area contributed by atoms with Crippen LogP contribution in [0.5, 0.6) is 0 Å². The molecule has 0 fully saturated rings. The number of aliphatic carboxylic acids is 2. The normalized spacial score (nSPS) is 8.44. The zero-order valence-corrected chi connectivity index (χ0v) is 7.91. The molecule has 0 bridgehead atoms. The van der Waals surface area contributed by atoms with Crippen molar-refractivity contribution in [1.29, 1.82) is 0 Å². The summed E-state index contributed by atoms with van der Waals surface area (Å²) in [5.41, 5.74) is 0. The van der Waals surface area contributed by atoms with Gasteiger partial charge in [-0.05, 0) is 12.2 Å². The first-order valence-corrected chi connectivity index (χ1v) is 1.73. The summed E-state index contributed by atoms with van der Waals surface area (Å²) in [6, 6.07) is 0. The van der Waals surface area contributed by atoms with Gasteiger partial charge >= 0.3 is 52.8 Å². The number of carbonyl (C=O) groups is 2. The van der Waals surface area contributed by atoms with Crippen LogP contribution in [-0.2, 0) is 9.59 Å². The molecule has 0 aliphatic heterocycles. The van der Waals surface area contributed by atoms with Gasteiger partial charge in [-0.3, -0.25) is 0 Å². The van der Waals surface area contributed by atoms with E-state index in [1.807, 2.05) is 0 Å². The van der Waals surface area contributed by atoms with Crippen LogP contribution in [0.15, 0.2) is 12.2 Å². The average molecular weight is 154 g/mol. The van der Waals surface area contributed by atoms with Gasteiger partial charge in [-0.1, -0.05) is 0 Å². The van der Waals surface area contributed by atoms with Crippen molar-refractivity contribution in [2.75, 3.05) is 0 Å². The number of carbonyl (C=O) groups excluding carboxylic acids is 2. The van der Waals surface area contributed by atoms with Crippen LogP contribution in [0.1, 0.15) is 1.43 Å². The van der Waals surface area contributed by atoms with Gasteiger partial charge in [-0.2, -0.15) is 0 Å². The van der Waals surface area contributed by atoms with E-state index in [-0.39, 0.29) is 52.8 Å². The maximum atomic E-state index is 9.41. The first kappa shape index (κ1) is 12.0. The van der Waals surface area contributed by atoms with Crippen LogP contribution in [0.4, 0.5) is 0 Å². The zero-order chi connectivity index (χ0) is 6.57. The molecule has 4 nitrogen and oxygen atoms in total. The largest absolute Gasteiger partial charge is 1.00 e. The Bertz CT molecular complexity index is 128. The molecule has 0 N–H and O–H groups in total. The summed E-state index contributed by atoms with van der Waals surface area (Å²) in [7, 11) is 0. The molecule has 0 saturated carbocycles.